The lowest BCUT2D eigenvalue weighted by atomic mass is 10.2. The van der Waals surface area contributed by atoms with Crippen LogP contribution in [0.2, 0.25) is 0 Å². The molecule has 2 nitrogen and oxygen atoms in total. The Morgan fingerprint density at radius 2 is 1.94 bits per heavy atom. The molecule has 1 aromatic carbocycles. The number of nitrogens with one attached hydrogen (secondary N) is 1. The molecule has 0 aliphatic rings. The lowest BCUT2D eigenvalue weighted by Gasteiger charge is -2.19. The van der Waals surface area contributed by atoms with E-state index >= 15 is 0 Å². The molecule has 18 heavy (non-hydrogen) atoms. The lowest BCUT2D eigenvalue weighted by molar-refractivity contribution is 0.183. The lowest BCUT2D eigenvalue weighted by Crippen LogP contribution is -2.33. The van der Waals surface area contributed by atoms with Gasteiger partial charge in [0.25, 0.3) is 0 Å². The molecule has 0 heterocycles. The van der Waals surface area contributed by atoms with Gasteiger partial charge in [0.1, 0.15) is 11.9 Å². The van der Waals surface area contributed by atoms with E-state index < -0.39 is 11.6 Å². The van der Waals surface area contributed by atoms with Gasteiger partial charge < -0.3 is 10.1 Å². The molecule has 0 amide bonds. The van der Waals surface area contributed by atoms with E-state index in [2.05, 4.69) is 19.2 Å². The molecular formula is C14H21F2NO. The van der Waals surface area contributed by atoms with Crippen molar-refractivity contribution in [3.63, 3.8) is 0 Å². The molecule has 1 aromatic rings. The molecule has 1 unspecified atom stereocenters. The molecule has 1 N–H and O–H groups in total. The summed E-state index contributed by atoms with van der Waals surface area (Å²) in [6.07, 6.45) is 0.584. The molecule has 0 fully saturated rings. The van der Waals surface area contributed by atoms with Crippen molar-refractivity contribution in [2.24, 2.45) is 5.92 Å². The first-order valence-electron chi connectivity index (χ1n) is 6.35. The standard InChI is InChI=1S/C14H21F2NO/c1-4-12(9-17-8-10(2)3)18-14-7-11(15)5-6-13(14)16/h5-7,10,12,17H,4,8-9H2,1-3H3. The van der Waals surface area contributed by atoms with E-state index in [1.165, 1.54) is 0 Å². The normalized spacial score (nSPS) is 12.8. The Morgan fingerprint density at radius 1 is 1.22 bits per heavy atom. The van der Waals surface area contributed by atoms with Crippen molar-refractivity contribution in [1.29, 1.82) is 0 Å². The number of hydrogen-bond donors (Lipinski definition) is 1. The number of rotatable bonds is 7. The Hall–Kier alpha value is -1.16. The minimum Gasteiger partial charge on any atom is -0.486 e. The SMILES string of the molecule is CCC(CNCC(C)C)Oc1cc(F)ccc1F. The topological polar surface area (TPSA) is 21.3 Å². The van der Waals surface area contributed by atoms with Crippen molar-refractivity contribution in [2.75, 3.05) is 13.1 Å². The highest BCUT2D eigenvalue weighted by atomic mass is 19.1. The van der Waals surface area contributed by atoms with Gasteiger partial charge in [-0.3, -0.25) is 0 Å². The van der Waals surface area contributed by atoms with Crippen molar-refractivity contribution in [1.82, 2.24) is 5.32 Å². The smallest absolute Gasteiger partial charge is 0.165 e. The van der Waals surface area contributed by atoms with E-state index in [-0.39, 0.29) is 11.9 Å². The Labute approximate surface area is 107 Å². The molecule has 0 aliphatic carbocycles. The monoisotopic (exact) mass is 257 g/mol. The number of ether oxygens (including phenoxy) is 1. The second-order valence-electron chi connectivity index (χ2n) is 4.77. The zero-order valence-electron chi connectivity index (χ0n) is 11.2. The van der Waals surface area contributed by atoms with Gasteiger partial charge in [0, 0.05) is 12.6 Å². The minimum absolute atomic E-state index is 0.0202. The molecule has 102 valence electrons. The first kappa shape index (κ1) is 14.9. The maximum atomic E-state index is 13.4. The highest BCUT2D eigenvalue weighted by Crippen LogP contribution is 2.19. The molecule has 0 radical (unpaired) electrons. The van der Waals surface area contributed by atoms with Crippen molar-refractivity contribution < 1.29 is 13.5 Å². The molecule has 0 bridgehead atoms. The van der Waals surface area contributed by atoms with Crippen LogP contribution in [-0.4, -0.2) is 19.2 Å². The molecular weight excluding hydrogens is 236 g/mol. The van der Waals surface area contributed by atoms with E-state index in [1.54, 1.807) is 0 Å². The van der Waals surface area contributed by atoms with Gasteiger partial charge in [-0.1, -0.05) is 20.8 Å². The van der Waals surface area contributed by atoms with Crippen LogP contribution in [0.25, 0.3) is 0 Å². The molecule has 0 saturated carbocycles. The summed E-state index contributed by atoms with van der Waals surface area (Å²) in [5, 5.41) is 3.25. The minimum atomic E-state index is -0.529. The first-order valence-corrected chi connectivity index (χ1v) is 6.35. The van der Waals surface area contributed by atoms with Crippen molar-refractivity contribution in [2.45, 2.75) is 33.3 Å². The van der Waals surface area contributed by atoms with E-state index in [9.17, 15) is 8.78 Å². The Balaban J connectivity index is 2.54. The van der Waals surface area contributed by atoms with Gasteiger partial charge in [-0.05, 0) is 31.0 Å². The average molecular weight is 257 g/mol. The molecule has 1 rings (SSSR count). The largest absolute Gasteiger partial charge is 0.486 e. The van der Waals surface area contributed by atoms with E-state index in [4.69, 9.17) is 4.74 Å². The zero-order chi connectivity index (χ0) is 13.5. The zero-order valence-corrected chi connectivity index (χ0v) is 11.2. The van der Waals surface area contributed by atoms with Crippen LogP contribution in [0, 0.1) is 17.6 Å². The van der Waals surface area contributed by atoms with Gasteiger partial charge in [-0.25, -0.2) is 8.78 Å². The quantitative estimate of drug-likeness (QED) is 0.808. The van der Waals surface area contributed by atoms with E-state index in [0.717, 1.165) is 31.2 Å². The Morgan fingerprint density at radius 3 is 2.56 bits per heavy atom. The highest BCUT2D eigenvalue weighted by molar-refractivity contribution is 5.25. The van der Waals surface area contributed by atoms with Gasteiger partial charge >= 0.3 is 0 Å². The maximum absolute atomic E-state index is 13.4. The molecule has 0 saturated heterocycles. The maximum Gasteiger partial charge on any atom is 0.165 e. The summed E-state index contributed by atoms with van der Waals surface area (Å²) in [5.74, 6) is -0.489. The number of hydrogen-bond acceptors (Lipinski definition) is 2. The van der Waals surface area contributed by atoms with E-state index in [1.807, 2.05) is 6.92 Å². The summed E-state index contributed by atoms with van der Waals surface area (Å²) in [6.45, 7) is 7.69. The predicted molar refractivity (Wildman–Crippen MR) is 68.8 cm³/mol. The van der Waals surface area contributed by atoms with Crippen molar-refractivity contribution >= 4 is 0 Å². The molecule has 0 aromatic heterocycles. The summed E-state index contributed by atoms with van der Waals surface area (Å²) >= 11 is 0. The van der Waals surface area contributed by atoms with Gasteiger partial charge in [-0.15, -0.1) is 0 Å². The fourth-order valence-electron chi connectivity index (χ4n) is 1.55. The van der Waals surface area contributed by atoms with Crippen LogP contribution in [0.4, 0.5) is 8.78 Å². The van der Waals surface area contributed by atoms with Crippen molar-refractivity contribution in [3.05, 3.63) is 29.8 Å². The summed E-state index contributed by atoms with van der Waals surface area (Å²) in [5.41, 5.74) is 0. The predicted octanol–water partition coefficient (Wildman–Crippen LogP) is 3.37. The van der Waals surface area contributed by atoms with Crippen LogP contribution in [0.5, 0.6) is 5.75 Å². The Bertz CT molecular complexity index is 369. The molecule has 4 heteroatoms. The summed E-state index contributed by atoms with van der Waals surface area (Å²) in [7, 11) is 0. The molecule has 1 atom stereocenters. The van der Waals surface area contributed by atoms with Gasteiger partial charge in [-0.2, -0.15) is 0 Å². The van der Waals surface area contributed by atoms with Crippen LogP contribution >= 0.6 is 0 Å². The second-order valence-corrected chi connectivity index (χ2v) is 4.77. The molecule has 0 spiro atoms. The van der Waals surface area contributed by atoms with Crippen LogP contribution in [0.1, 0.15) is 27.2 Å². The van der Waals surface area contributed by atoms with E-state index in [0.29, 0.717) is 12.5 Å². The Kier molecular flexibility index (Phi) is 6.05. The van der Waals surface area contributed by atoms with Gasteiger partial charge in [0.2, 0.25) is 0 Å². The third-order valence-corrected chi connectivity index (χ3v) is 2.57. The number of benzene rings is 1. The third-order valence-electron chi connectivity index (χ3n) is 2.57. The van der Waals surface area contributed by atoms with Gasteiger partial charge in [0.05, 0.1) is 0 Å². The summed E-state index contributed by atoms with van der Waals surface area (Å²) < 4.78 is 31.9. The van der Waals surface area contributed by atoms with Gasteiger partial charge in [0.15, 0.2) is 11.6 Å². The van der Waals surface area contributed by atoms with Crippen LogP contribution in [0.3, 0.4) is 0 Å². The average Bonchev–Trinajstić information content (AvgIpc) is 2.32. The van der Waals surface area contributed by atoms with Crippen molar-refractivity contribution in [3.8, 4) is 5.75 Å². The van der Waals surface area contributed by atoms with Crippen LogP contribution < -0.4 is 10.1 Å². The van der Waals surface area contributed by atoms with Crippen LogP contribution in [-0.2, 0) is 0 Å². The fourth-order valence-corrected chi connectivity index (χ4v) is 1.55. The summed E-state index contributed by atoms with van der Waals surface area (Å²) in [6, 6.07) is 3.25. The highest BCUT2D eigenvalue weighted by Gasteiger charge is 2.12. The number of halogens is 2. The third kappa shape index (κ3) is 5.00. The first-order chi connectivity index (χ1) is 8.52. The fraction of sp³-hybridized carbons (Fsp3) is 0.571. The second kappa shape index (κ2) is 7.31. The molecule has 0 aliphatic heterocycles. The summed E-state index contributed by atoms with van der Waals surface area (Å²) in [4.78, 5) is 0. The van der Waals surface area contributed by atoms with Crippen LogP contribution in [0.15, 0.2) is 18.2 Å².